The van der Waals surface area contributed by atoms with Gasteiger partial charge in [-0.25, -0.2) is 0 Å². The van der Waals surface area contributed by atoms with E-state index < -0.39 is 132 Å². The summed E-state index contributed by atoms with van der Waals surface area (Å²) in [5, 5.41) is 45.0. The second-order valence-electron chi connectivity index (χ2n) is 17.1. The number of hydrogen-bond donors (Lipinski definition) is 4. The second kappa shape index (κ2) is 19.3. The molecule has 0 aromatic rings. The van der Waals surface area contributed by atoms with Gasteiger partial charge in [0.1, 0.15) is 30.0 Å². The van der Waals surface area contributed by atoms with Crippen LogP contribution in [0.5, 0.6) is 0 Å². The number of methoxy groups -OCH3 is 2. The third-order valence-corrected chi connectivity index (χ3v) is 12.5. The van der Waals surface area contributed by atoms with Gasteiger partial charge in [-0.15, -0.1) is 0 Å². The van der Waals surface area contributed by atoms with E-state index >= 15 is 0 Å². The fraction of sp³-hybridized carbons (Fsp3) is 0.925. The lowest BCUT2D eigenvalue weighted by Crippen LogP contribution is -2.58. The molecule has 0 aliphatic carbocycles. The minimum atomic E-state index is -1.97. The lowest BCUT2D eigenvalue weighted by atomic mass is 9.74. The van der Waals surface area contributed by atoms with E-state index in [0.717, 1.165) is 0 Å². The van der Waals surface area contributed by atoms with Gasteiger partial charge in [0.2, 0.25) is 0 Å². The number of aliphatic hydroxyl groups excluding tert-OH is 3. The molecule has 0 aromatic heterocycles. The molecular formula is C40H70O15. The van der Waals surface area contributed by atoms with Crippen LogP contribution in [-0.2, 0) is 52.3 Å². The quantitative estimate of drug-likeness (QED) is 0.248. The van der Waals surface area contributed by atoms with E-state index in [9.17, 15) is 34.8 Å². The van der Waals surface area contributed by atoms with Crippen LogP contribution >= 0.6 is 0 Å². The Bertz CT molecular complexity index is 1280. The highest BCUT2D eigenvalue weighted by atomic mass is 16.7. The van der Waals surface area contributed by atoms with Crippen LogP contribution in [0.4, 0.5) is 0 Å². The third-order valence-electron chi connectivity index (χ3n) is 12.5. The number of ether oxygens (including phenoxy) is 8. The summed E-state index contributed by atoms with van der Waals surface area (Å²) in [7, 11) is 2.97. The van der Waals surface area contributed by atoms with Gasteiger partial charge in [-0.3, -0.25) is 14.4 Å². The lowest BCUT2D eigenvalue weighted by molar-refractivity contribution is -0.312. The molecule has 3 saturated heterocycles. The number of carbonyl (C=O) groups is 3. The molecule has 3 heterocycles. The first-order chi connectivity index (χ1) is 25.4. The summed E-state index contributed by atoms with van der Waals surface area (Å²) in [6.45, 7) is 19.6. The molecule has 3 aliphatic rings. The van der Waals surface area contributed by atoms with Gasteiger partial charge in [0.05, 0.1) is 54.1 Å². The van der Waals surface area contributed by atoms with Gasteiger partial charge in [-0.1, -0.05) is 34.6 Å². The van der Waals surface area contributed by atoms with Crippen molar-refractivity contribution in [2.45, 2.75) is 187 Å². The summed E-state index contributed by atoms with van der Waals surface area (Å²) in [5.41, 5.74) is -3.03. The predicted molar refractivity (Wildman–Crippen MR) is 198 cm³/mol. The van der Waals surface area contributed by atoms with Crippen LogP contribution in [-0.4, -0.2) is 137 Å². The Morgan fingerprint density at radius 3 is 2.04 bits per heavy atom. The molecule has 15 heteroatoms. The molecule has 15 nitrogen and oxygen atoms in total. The molecule has 3 aliphatic heterocycles. The molecule has 3 rings (SSSR count). The van der Waals surface area contributed by atoms with Crippen molar-refractivity contribution in [2.75, 3.05) is 14.2 Å². The SMILES string of the molecule is CO[C@H]1C[C@@H](C)O[C@@H](OC2[C@@H](C)[C@@H](O[C@@H]3C[C@](C)(OC)[C@H](O)[C@H](C)O3)[C@@H](C)C(=O)O[C@H]([C@H](C)[C@@H](C)O)[C@@H](C)[C@@H](OC(C)=O)[C@H](C)C(=O)[C@](C)(O)C[C@@H]2C)[C@H]1O. The fourth-order valence-electron chi connectivity index (χ4n) is 8.81. The van der Waals surface area contributed by atoms with Crippen LogP contribution < -0.4 is 0 Å². The van der Waals surface area contributed by atoms with Crippen molar-refractivity contribution in [2.24, 2.45) is 35.5 Å². The first-order valence-electron chi connectivity index (χ1n) is 19.8. The number of ketones is 1. The van der Waals surface area contributed by atoms with Crippen molar-refractivity contribution in [3.8, 4) is 0 Å². The Morgan fingerprint density at radius 2 is 1.49 bits per heavy atom. The standard InChI is InChI=1S/C40H70O15/c1-18-16-39(11,47)35(44)23(6)33(52-27(10)42)22(5)32(20(3)25(8)41)54-37(46)24(7)34(53-29-17-40(12,49-14)36(45)26(9)51-29)21(4)31(18)55-38-30(43)28(48-13)15-19(2)50-38/h18-26,28-34,36,38,41,43,45,47H,15-17H2,1-14H3/t18-,19+,20+,21+,22+,23-,24+,25+,26-,28-,29+,30-,31?,32+,33+,34+,36+,38-,39+,40-/m0/s1. The van der Waals surface area contributed by atoms with Gasteiger partial charge >= 0.3 is 11.9 Å². The monoisotopic (exact) mass is 790 g/mol. The van der Waals surface area contributed by atoms with E-state index in [4.69, 9.17) is 37.9 Å². The second-order valence-corrected chi connectivity index (χ2v) is 17.1. The zero-order chi connectivity index (χ0) is 41.9. The number of aliphatic hydroxyl groups is 4. The number of Topliss-reactive ketones (excluding diaryl/α,β-unsaturated/α-hetero) is 1. The zero-order valence-electron chi connectivity index (χ0n) is 35.3. The molecule has 55 heavy (non-hydrogen) atoms. The molecule has 0 amide bonds. The number of carbonyl (C=O) groups excluding carboxylic acids is 3. The third kappa shape index (κ3) is 11.0. The van der Waals surface area contributed by atoms with E-state index in [-0.39, 0.29) is 18.9 Å². The van der Waals surface area contributed by atoms with Crippen molar-refractivity contribution in [3.05, 3.63) is 0 Å². The molecule has 4 N–H and O–H groups in total. The van der Waals surface area contributed by atoms with Crippen molar-refractivity contribution >= 4 is 17.7 Å². The highest BCUT2D eigenvalue weighted by Crippen LogP contribution is 2.40. The van der Waals surface area contributed by atoms with Gasteiger partial charge in [0.15, 0.2) is 18.4 Å². The van der Waals surface area contributed by atoms with Crippen molar-refractivity contribution in [3.63, 3.8) is 0 Å². The minimum absolute atomic E-state index is 0.0996. The highest BCUT2D eigenvalue weighted by Gasteiger charge is 2.52. The molecule has 20 atom stereocenters. The topological polar surface area (TPSA) is 206 Å². The van der Waals surface area contributed by atoms with Crippen LogP contribution in [0.3, 0.4) is 0 Å². The van der Waals surface area contributed by atoms with Crippen molar-refractivity contribution < 1.29 is 72.7 Å². The minimum Gasteiger partial charge on any atom is -0.461 e. The molecule has 0 bridgehead atoms. The maximum Gasteiger partial charge on any atom is 0.311 e. The Kier molecular flexibility index (Phi) is 16.7. The molecule has 0 saturated carbocycles. The van der Waals surface area contributed by atoms with E-state index in [1.165, 1.54) is 28.1 Å². The lowest BCUT2D eigenvalue weighted by Gasteiger charge is -2.47. The Balaban J connectivity index is 2.24. The summed E-state index contributed by atoms with van der Waals surface area (Å²) in [6, 6.07) is 0. The first-order valence-corrected chi connectivity index (χ1v) is 19.8. The average Bonchev–Trinajstić information content (AvgIpc) is 3.11. The van der Waals surface area contributed by atoms with Crippen LogP contribution in [0.15, 0.2) is 0 Å². The Morgan fingerprint density at radius 1 is 0.873 bits per heavy atom. The Hall–Kier alpha value is -1.79. The van der Waals surface area contributed by atoms with Crippen LogP contribution in [0.1, 0.15) is 102 Å². The number of esters is 2. The normalized spacial score (nSPS) is 46.6. The first kappa shape index (κ1) is 47.6. The smallest absolute Gasteiger partial charge is 0.311 e. The molecule has 0 radical (unpaired) electrons. The van der Waals surface area contributed by atoms with Crippen LogP contribution in [0.2, 0.25) is 0 Å². The summed E-state index contributed by atoms with van der Waals surface area (Å²) in [5.74, 6) is -6.92. The summed E-state index contributed by atoms with van der Waals surface area (Å²) < 4.78 is 48.9. The van der Waals surface area contributed by atoms with Gasteiger partial charge in [-0.05, 0) is 53.9 Å². The predicted octanol–water partition coefficient (Wildman–Crippen LogP) is 2.93. The van der Waals surface area contributed by atoms with Gasteiger partial charge in [-0.2, -0.15) is 0 Å². The summed E-state index contributed by atoms with van der Waals surface area (Å²) in [4.78, 5) is 41.2. The largest absolute Gasteiger partial charge is 0.461 e. The van der Waals surface area contributed by atoms with E-state index in [0.29, 0.717) is 6.42 Å². The fourth-order valence-corrected chi connectivity index (χ4v) is 8.81. The van der Waals surface area contributed by atoms with E-state index in [2.05, 4.69) is 0 Å². The number of cyclic esters (lactones) is 1. The van der Waals surface area contributed by atoms with Gasteiger partial charge < -0.3 is 58.3 Å². The molecule has 0 aromatic carbocycles. The molecule has 3 fully saturated rings. The Labute approximate surface area is 327 Å². The zero-order valence-corrected chi connectivity index (χ0v) is 35.3. The maximum absolute atomic E-state index is 14.5. The number of hydrogen-bond acceptors (Lipinski definition) is 15. The maximum atomic E-state index is 14.5. The molecule has 1 unspecified atom stereocenters. The average molecular weight is 791 g/mol. The van der Waals surface area contributed by atoms with E-state index in [1.54, 1.807) is 62.3 Å². The summed E-state index contributed by atoms with van der Waals surface area (Å²) >= 11 is 0. The molecule has 320 valence electrons. The van der Waals surface area contributed by atoms with Crippen LogP contribution in [0.25, 0.3) is 0 Å². The number of rotatable bonds is 9. The molecular weight excluding hydrogens is 720 g/mol. The van der Waals surface area contributed by atoms with Gasteiger partial charge in [0, 0.05) is 51.7 Å². The van der Waals surface area contributed by atoms with Crippen LogP contribution in [0, 0.1) is 35.5 Å². The summed E-state index contributed by atoms with van der Waals surface area (Å²) in [6.07, 6.45) is -10.8. The van der Waals surface area contributed by atoms with Gasteiger partial charge in [0.25, 0.3) is 0 Å². The van der Waals surface area contributed by atoms with Crippen molar-refractivity contribution in [1.29, 1.82) is 0 Å². The molecule has 0 spiro atoms. The highest BCUT2D eigenvalue weighted by molar-refractivity contribution is 5.89. The van der Waals surface area contributed by atoms with Crippen molar-refractivity contribution in [1.82, 2.24) is 0 Å². The van der Waals surface area contributed by atoms with E-state index in [1.807, 2.05) is 6.92 Å².